The third kappa shape index (κ3) is 3.48. The molecule has 4 aromatic rings. The molecule has 0 bridgehead atoms. The minimum Gasteiger partial charge on any atom is -0.305 e. The number of aryl methyl sites for hydroxylation is 1. The predicted octanol–water partition coefficient (Wildman–Crippen LogP) is 4.69. The number of nitrogens with zero attached hydrogens (tertiary/aromatic N) is 4. The number of aromatic nitrogens is 4. The molecule has 4 rings (SSSR count). The first-order valence-electron chi connectivity index (χ1n) is 8.77. The van der Waals surface area contributed by atoms with Crippen LogP contribution in [0.5, 0.6) is 0 Å². The predicted molar refractivity (Wildman–Crippen MR) is 112 cm³/mol. The first kappa shape index (κ1) is 18.2. The summed E-state index contributed by atoms with van der Waals surface area (Å²) in [5.41, 5.74) is 4.33. The fourth-order valence-electron chi connectivity index (χ4n) is 2.93. The molecule has 1 N–H and O–H groups in total. The van der Waals surface area contributed by atoms with Crippen LogP contribution in [0.2, 0.25) is 0 Å². The van der Waals surface area contributed by atoms with E-state index in [1.807, 2.05) is 67.2 Å². The second kappa shape index (κ2) is 7.44. The Morgan fingerprint density at radius 1 is 0.929 bits per heavy atom. The summed E-state index contributed by atoms with van der Waals surface area (Å²) < 4.78 is 4.56. The van der Waals surface area contributed by atoms with E-state index in [1.165, 1.54) is 0 Å². The summed E-state index contributed by atoms with van der Waals surface area (Å²) in [7, 11) is 0. The number of amides is 1. The molecule has 0 saturated heterocycles. The second-order valence-electron chi connectivity index (χ2n) is 6.38. The van der Waals surface area contributed by atoms with Gasteiger partial charge in [0, 0.05) is 17.8 Å². The average Bonchev–Trinajstić information content (AvgIpc) is 3.29. The molecule has 6 nitrogen and oxygen atoms in total. The summed E-state index contributed by atoms with van der Waals surface area (Å²) in [6.07, 6.45) is 1.81. The lowest BCUT2D eigenvalue weighted by atomic mass is 10.2. The van der Waals surface area contributed by atoms with Crippen molar-refractivity contribution in [1.29, 1.82) is 0 Å². The summed E-state index contributed by atoms with van der Waals surface area (Å²) >= 11 is 3.53. The van der Waals surface area contributed by atoms with E-state index >= 15 is 0 Å². The van der Waals surface area contributed by atoms with Gasteiger partial charge in [-0.25, -0.2) is 9.36 Å². The van der Waals surface area contributed by atoms with Gasteiger partial charge in [-0.3, -0.25) is 4.79 Å². The van der Waals surface area contributed by atoms with Crippen LogP contribution in [0.15, 0.2) is 71.3 Å². The Hall–Kier alpha value is -3.19. The Bertz CT molecular complexity index is 1130. The summed E-state index contributed by atoms with van der Waals surface area (Å²) in [5, 5.41) is 11.7. The highest BCUT2D eigenvalue weighted by atomic mass is 79.9. The molecule has 7 heteroatoms. The maximum Gasteiger partial charge on any atom is 0.256 e. The molecule has 2 aromatic heterocycles. The lowest BCUT2D eigenvalue weighted by Gasteiger charge is -2.06. The van der Waals surface area contributed by atoms with Crippen LogP contribution in [0, 0.1) is 13.8 Å². The van der Waals surface area contributed by atoms with Crippen LogP contribution in [0.1, 0.15) is 21.7 Å². The Labute approximate surface area is 170 Å². The van der Waals surface area contributed by atoms with Gasteiger partial charge in [-0.15, -0.1) is 0 Å². The van der Waals surface area contributed by atoms with Crippen molar-refractivity contribution in [2.45, 2.75) is 13.8 Å². The van der Waals surface area contributed by atoms with Crippen LogP contribution in [0.3, 0.4) is 0 Å². The molecule has 0 atom stereocenters. The van der Waals surface area contributed by atoms with Gasteiger partial charge in [0.15, 0.2) is 5.82 Å². The van der Waals surface area contributed by atoms with Crippen LogP contribution in [0.25, 0.3) is 11.4 Å². The fourth-order valence-corrected chi connectivity index (χ4v) is 3.18. The zero-order valence-electron chi connectivity index (χ0n) is 15.4. The topological polar surface area (TPSA) is 64.7 Å². The minimum absolute atomic E-state index is 0.209. The fraction of sp³-hybridized carbons (Fsp3) is 0.0952. The van der Waals surface area contributed by atoms with Crippen LogP contribution in [0.4, 0.5) is 5.82 Å². The zero-order chi connectivity index (χ0) is 19.7. The lowest BCUT2D eigenvalue weighted by Crippen LogP contribution is -2.13. The second-order valence-corrected chi connectivity index (χ2v) is 7.17. The molecule has 140 valence electrons. The number of carbonyl (C=O) groups excluding carboxylic acids is 1. The molecule has 0 aliphatic carbocycles. The molecule has 2 heterocycles. The van der Waals surface area contributed by atoms with Crippen molar-refractivity contribution in [2.75, 3.05) is 5.32 Å². The highest BCUT2D eigenvalue weighted by molar-refractivity contribution is 9.10. The van der Waals surface area contributed by atoms with Gasteiger partial charge in [0.1, 0.15) is 0 Å². The highest BCUT2D eigenvalue weighted by Crippen LogP contribution is 2.23. The van der Waals surface area contributed by atoms with Crippen molar-refractivity contribution >= 4 is 27.7 Å². The molecular weight excluding hydrogens is 418 g/mol. The molecular formula is C21H18BrN5O. The van der Waals surface area contributed by atoms with E-state index < -0.39 is 0 Å². The van der Waals surface area contributed by atoms with Crippen LogP contribution >= 0.6 is 15.9 Å². The van der Waals surface area contributed by atoms with Gasteiger partial charge in [0.2, 0.25) is 0 Å². The first-order valence-corrected chi connectivity index (χ1v) is 9.57. The molecule has 0 fully saturated rings. The minimum atomic E-state index is -0.209. The average molecular weight is 436 g/mol. The number of hydrogen-bond donors (Lipinski definition) is 1. The molecule has 0 aliphatic rings. The molecule has 2 aromatic carbocycles. The SMILES string of the molecule is Cc1nn(-c2ccc(C(=O)Nc3ccn(-c4ccccc4)n3)cc2)c(C)c1Br. The van der Waals surface area contributed by atoms with Crippen molar-refractivity contribution in [3.8, 4) is 11.4 Å². The maximum atomic E-state index is 12.5. The Kier molecular flexibility index (Phi) is 4.83. The van der Waals surface area contributed by atoms with E-state index in [0.717, 1.165) is 27.2 Å². The van der Waals surface area contributed by atoms with Gasteiger partial charge < -0.3 is 5.32 Å². The molecule has 0 saturated carbocycles. The summed E-state index contributed by atoms with van der Waals surface area (Å²) in [4.78, 5) is 12.5. The number of hydrogen-bond acceptors (Lipinski definition) is 3. The number of halogens is 1. The van der Waals surface area contributed by atoms with Crippen molar-refractivity contribution in [3.05, 3.63) is 88.3 Å². The van der Waals surface area contributed by atoms with Crippen LogP contribution in [-0.2, 0) is 0 Å². The quantitative estimate of drug-likeness (QED) is 0.505. The third-order valence-electron chi connectivity index (χ3n) is 4.43. The van der Waals surface area contributed by atoms with Gasteiger partial charge >= 0.3 is 0 Å². The van der Waals surface area contributed by atoms with Gasteiger partial charge in [-0.05, 0) is 66.2 Å². The maximum absolute atomic E-state index is 12.5. The van der Waals surface area contributed by atoms with Gasteiger partial charge in [0.05, 0.1) is 27.2 Å². The summed E-state index contributed by atoms with van der Waals surface area (Å²) in [6.45, 7) is 3.94. The van der Waals surface area contributed by atoms with Crippen molar-refractivity contribution in [3.63, 3.8) is 0 Å². The van der Waals surface area contributed by atoms with Crippen molar-refractivity contribution in [1.82, 2.24) is 19.6 Å². The van der Waals surface area contributed by atoms with Gasteiger partial charge in [0.25, 0.3) is 5.91 Å². The third-order valence-corrected chi connectivity index (χ3v) is 5.58. The number of carbonyl (C=O) groups is 1. The van der Waals surface area contributed by atoms with E-state index in [0.29, 0.717) is 11.4 Å². The Balaban J connectivity index is 1.50. The number of para-hydroxylation sites is 1. The molecule has 0 unspecified atom stereocenters. The van der Waals surface area contributed by atoms with Gasteiger partial charge in [-0.2, -0.15) is 10.2 Å². The van der Waals surface area contributed by atoms with E-state index in [-0.39, 0.29) is 5.91 Å². The summed E-state index contributed by atoms with van der Waals surface area (Å²) in [5.74, 6) is 0.291. The van der Waals surface area contributed by atoms with Crippen molar-refractivity contribution in [2.24, 2.45) is 0 Å². The number of nitrogens with one attached hydrogen (secondary N) is 1. The smallest absolute Gasteiger partial charge is 0.256 e. The standard InChI is InChI=1S/C21H18BrN5O/c1-14-20(22)15(2)27(24-14)18-10-8-16(9-11-18)21(28)23-19-12-13-26(25-19)17-6-4-3-5-7-17/h3-13H,1-2H3,(H,23,25,28). The zero-order valence-corrected chi connectivity index (χ0v) is 17.0. The van der Waals surface area contributed by atoms with Crippen LogP contribution < -0.4 is 5.32 Å². The molecule has 0 aliphatic heterocycles. The first-order chi connectivity index (χ1) is 13.5. The molecule has 28 heavy (non-hydrogen) atoms. The number of rotatable bonds is 4. The lowest BCUT2D eigenvalue weighted by molar-refractivity contribution is 0.102. The molecule has 0 spiro atoms. The monoisotopic (exact) mass is 435 g/mol. The number of benzene rings is 2. The van der Waals surface area contributed by atoms with E-state index in [9.17, 15) is 4.79 Å². The molecule has 0 radical (unpaired) electrons. The van der Waals surface area contributed by atoms with E-state index in [2.05, 4.69) is 31.4 Å². The van der Waals surface area contributed by atoms with Crippen molar-refractivity contribution < 1.29 is 4.79 Å². The highest BCUT2D eigenvalue weighted by Gasteiger charge is 2.12. The molecule has 1 amide bonds. The van der Waals surface area contributed by atoms with E-state index in [4.69, 9.17) is 0 Å². The number of anilines is 1. The normalized spacial score (nSPS) is 10.8. The van der Waals surface area contributed by atoms with Gasteiger partial charge in [-0.1, -0.05) is 18.2 Å². The van der Waals surface area contributed by atoms with E-state index in [1.54, 1.807) is 22.9 Å². The summed E-state index contributed by atoms with van der Waals surface area (Å²) in [6, 6.07) is 18.8. The Morgan fingerprint density at radius 2 is 1.64 bits per heavy atom. The largest absolute Gasteiger partial charge is 0.305 e. The Morgan fingerprint density at radius 3 is 2.29 bits per heavy atom. The van der Waals surface area contributed by atoms with Crippen LogP contribution in [-0.4, -0.2) is 25.5 Å².